The Bertz CT molecular complexity index is 972. The molecule has 2 aromatic carbocycles. The highest BCUT2D eigenvalue weighted by Gasteiger charge is 2.54. The normalized spacial score (nSPS) is 22.2. The van der Waals surface area contributed by atoms with Crippen molar-refractivity contribution >= 4 is 10.0 Å². The Morgan fingerprint density at radius 1 is 1.07 bits per heavy atom. The fourth-order valence-electron chi connectivity index (χ4n) is 4.90. The first-order chi connectivity index (χ1) is 14.4. The second-order valence-corrected chi connectivity index (χ2v) is 10.1. The molecule has 0 bridgehead atoms. The molecule has 2 saturated heterocycles. The van der Waals surface area contributed by atoms with E-state index in [1.165, 1.54) is 9.87 Å². The van der Waals surface area contributed by atoms with Crippen LogP contribution < -0.4 is 0 Å². The number of hydrogen-bond donors (Lipinski definition) is 0. The molecule has 2 aliphatic rings. The number of halogens is 2. The average Bonchev–Trinajstić information content (AvgIpc) is 2.71. The van der Waals surface area contributed by atoms with Crippen LogP contribution in [-0.2, 0) is 14.8 Å². The van der Waals surface area contributed by atoms with Crippen LogP contribution in [0.2, 0.25) is 0 Å². The van der Waals surface area contributed by atoms with Crippen molar-refractivity contribution in [3.8, 4) is 0 Å². The Balaban J connectivity index is 1.52. The molecule has 0 saturated carbocycles. The third-order valence-corrected chi connectivity index (χ3v) is 8.23. The van der Waals surface area contributed by atoms with Crippen LogP contribution >= 0.6 is 0 Å². The van der Waals surface area contributed by atoms with Crippen molar-refractivity contribution in [3.05, 3.63) is 65.7 Å². The number of benzene rings is 2. The summed E-state index contributed by atoms with van der Waals surface area (Å²) in [5.74, 6) is -1.78. The predicted molar refractivity (Wildman–Crippen MR) is 109 cm³/mol. The summed E-state index contributed by atoms with van der Waals surface area (Å²) in [7, 11) is -2.25. The SMILES string of the molecule is COCCN1CC2(CCN(S(=O)(=O)c3cc(F)cc(F)c3)CC2)C1c1ccccc1. The number of hydrogen-bond acceptors (Lipinski definition) is 4. The lowest BCUT2D eigenvalue weighted by atomic mass is 9.63. The Labute approximate surface area is 176 Å². The molecule has 0 aliphatic carbocycles. The minimum absolute atomic E-state index is 0.00565. The predicted octanol–water partition coefficient (Wildman–Crippen LogP) is 3.44. The Kier molecular flexibility index (Phi) is 5.94. The molecule has 0 aromatic heterocycles. The third-order valence-electron chi connectivity index (χ3n) is 6.35. The zero-order valence-corrected chi connectivity index (χ0v) is 17.7. The maximum atomic E-state index is 13.6. The standard InChI is InChI=1S/C22H26F2N2O3S/c1-29-12-11-25-16-22(21(25)17-5-3-2-4-6-17)7-9-26(10-8-22)30(27,28)20-14-18(23)13-19(24)15-20/h2-6,13-15,21H,7-12,16H2,1H3. The zero-order valence-electron chi connectivity index (χ0n) is 16.9. The highest BCUT2D eigenvalue weighted by atomic mass is 32.2. The van der Waals surface area contributed by atoms with Crippen LogP contribution in [0.5, 0.6) is 0 Å². The summed E-state index contributed by atoms with van der Waals surface area (Å²) >= 11 is 0. The van der Waals surface area contributed by atoms with Crippen LogP contribution in [-0.4, -0.2) is 57.5 Å². The van der Waals surface area contributed by atoms with Gasteiger partial charge in [0.25, 0.3) is 0 Å². The molecule has 8 heteroatoms. The van der Waals surface area contributed by atoms with E-state index in [9.17, 15) is 17.2 Å². The minimum Gasteiger partial charge on any atom is -0.383 e. The number of sulfonamides is 1. The second kappa shape index (κ2) is 8.34. The lowest BCUT2D eigenvalue weighted by Crippen LogP contribution is -2.62. The van der Waals surface area contributed by atoms with Gasteiger partial charge in [0.15, 0.2) is 0 Å². The summed E-state index contributed by atoms with van der Waals surface area (Å²) in [5.41, 5.74) is 1.22. The fraction of sp³-hybridized carbons (Fsp3) is 0.455. The van der Waals surface area contributed by atoms with Gasteiger partial charge in [0, 0.05) is 50.8 Å². The number of methoxy groups -OCH3 is 1. The summed E-state index contributed by atoms with van der Waals surface area (Å²) in [6.45, 7) is 3.02. The molecule has 0 amide bonds. The molecular weight excluding hydrogens is 410 g/mol. The van der Waals surface area contributed by atoms with Crippen molar-refractivity contribution in [2.45, 2.75) is 23.8 Å². The van der Waals surface area contributed by atoms with E-state index in [-0.39, 0.29) is 16.4 Å². The van der Waals surface area contributed by atoms with Gasteiger partial charge in [-0.15, -0.1) is 0 Å². The molecule has 2 fully saturated rings. The van der Waals surface area contributed by atoms with Crippen molar-refractivity contribution in [2.75, 3.05) is 39.9 Å². The number of piperidine rings is 1. The molecule has 162 valence electrons. The van der Waals surface area contributed by atoms with E-state index in [4.69, 9.17) is 4.74 Å². The molecule has 1 unspecified atom stereocenters. The number of likely N-dealkylation sites (tertiary alicyclic amines) is 1. The van der Waals surface area contributed by atoms with E-state index < -0.39 is 21.7 Å². The van der Waals surface area contributed by atoms with Gasteiger partial charge in [0.2, 0.25) is 10.0 Å². The van der Waals surface area contributed by atoms with E-state index in [1.807, 2.05) is 18.2 Å². The molecule has 1 atom stereocenters. The van der Waals surface area contributed by atoms with Gasteiger partial charge in [0.1, 0.15) is 11.6 Å². The van der Waals surface area contributed by atoms with Crippen LogP contribution in [0.1, 0.15) is 24.4 Å². The van der Waals surface area contributed by atoms with E-state index in [0.29, 0.717) is 38.6 Å². The first kappa shape index (κ1) is 21.4. The van der Waals surface area contributed by atoms with Crippen molar-refractivity contribution in [2.24, 2.45) is 5.41 Å². The molecular formula is C22H26F2N2O3S. The molecule has 5 nitrogen and oxygen atoms in total. The van der Waals surface area contributed by atoms with Gasteiger partial charge < -0.3 is 4.74 Å². The quantitative estimate of drug-likeness (QED) is 0.696. The molecule has 30 heavy (non-hydrogen) atoms. The molecule has 2 aromatic rings. The number of nitrogens with zero attached hydrogens (tertiary/aromatic N) is 2. The molecule has 0 N–H and O–H groups in total. The van der Waals surface area contributed by atoms with Gasteiger partial charge in [-0.3, -0.25) is 4.90 Å². The van der Waals surface area contributed by atoms with E-state index in [1.54, 1.807) is 7.11 Å². The smallest absolute Gasteiger partial charge is 0.243 e. The van der Waals surface area contributed by atoms with Gasteiger partial charge in [-0.05, 0) is 30.5 Å². The molecule has 1 spiro atoms. The monoisotopic (exact) mass is 436 g/mol. The van der Waals surface area contributed by atoms with E-state index >= 15 is 0 Å². The lowest BCUT2D eigenvalue weighted by Gasteiger charge is -2.60. The van der Waals surface area contributed by atoms with Crippen LogP contribution in [0.25, 0.3) is 0 Å². The summed E-state index contributed by atoms with van der Waals surface area (Å²) in [6.07, 6.45) is 1.40. The van der Waals surface area contributed by atoms with Gasteiger partial charge in [-0.2, -0.15) is 4.31 Å². The van der Waals surface area contributed by atoms with Crippen molar-refractivity contribution in [1.82, 2.24) is 9.21 Å². The zero-order chi connectivity index (χ0) is 21.4. The molecule has 2 aliphatic heterocycles. The topological polar surface area (TPSA) is 49.9 Å². The number of rotatable bonds is 6. The molecule has 4 rings (SSSR count). The first-order valence-electron chi connectivity index (χ1n) is 10.1. The minimum atomic E-state index is -3.93. The Morgan fingerprint density at radius 2 is 1.70 bits per heavy atom. The average molecular weight is 437 g/mol. The highest BCUT2D eigenvalue weighted by Crippen LogP contribution is 2.55. The highest BCUT2D eigenvalue weighted by molar-refractivity contribution is 7.89. The van der Waals surface area contributed by atoms with Crippen LogP contribution in [0, 0.1) is 17.0 Å². The van der Waals surface area contributed by atoms with Crippen LogP contribution in [0.15, 0.2) is 53.4 Å². The first-order valence-corrected chi connectivity index (χ1v) is 11.5. The molecule has 0 radical (unpaired) electrons. The summed E-state index contributed by atoms with van der Waals surface area (Å²) in [6, 6.07) is 12.9. The summed E-state index contributed by atoms with van der Waals surface area (Å²) in [5, 5.41) is 0. The number of ether oxygens (including phenoxy) is 1. The van der Waals surface area contributed by atoms with Gasteiger partial charge in [-0.25, -0.2) is 17.2 Å². The second-order valence-electron chi connectivity index (χ2n) is 8.15. The van der Waals surface area contributed by atoms with E-state index in [0.717, 1.165) is 25.2 Å². The molecule has 2 heterocycles. The van der Waals surface area contributed by atoms with Crippen LogP contribution in [0.4, 0.5) is 8.78 Å². The fourth-order valence-corrected chi connectivity index (χ4v) is 6.39. The summed E-state index contributed by atoms with van der Waals surface area (Å²) < 4.78 is 59.6. The van der Waals surface area contributed by atoms with Crippen molar-refractivity contribution in [1.29, 1.82) is 0 Å². The van der Waals surface area contributed by atoms with Crippen molar-refractivity contribution in [3.63, 3.8) is 0 Å². The van der Waals surface area contributed by atoms with E-state index in [2.05, 4.69) is 17.0 Å². The van der Waals surface area contributed by atoms with Gasteiger partial charge >= 0.3 is 0 Å². The largest absolute Gasteiger partial charge is 0.383 e. The lowest BCUT2D eigenvalue weighted by molar-refractivity contribution is -0.110. The Morgan fingerprint density at radius 3 is 2.30 bits per heavy atom. The Hall–Kier alpha value is -1.87. The van der Waals surface area contributed by atoms with Gasteiger partial charge in [0.05, 0.1) is 11.5 Å². The van der Waals surface area contributed by atoms with Crippen LogP contribution in [0.3, 0.4) is 0 Å². The maximum Gasteiger partial charge on any atom is 0.243 e. The van der Waals surface area contributed by atoms with Crippen molar-refractivity contribution < 1.29 is 21.9 Å². The third kappa shape index (κ3) is 3.89. The van der Waals surface area contributed by atoms with Gasteiger partial charge in [-0.1, -0.05) is 30.3 Å². The maximum absolute atomic E-state index is 13.6. The summed E-state index contributed by atoms with van der Waals surface area (Å²) in [4.78, 5) is 2.05.